The number of piperidine rings is 1. The van der Waals surface area contributed by atoms with Gasteiger partial charge in [-0.2, -0.15) is 0 Å². The van der Waals surface area contributed by atoms with Crippen LogP contribution in [0.3, 0.4) is 0 Å². The van der Waals surface area contributed by atoms with Crippen molar-refractivity contribution in [3.63, 3.8) is 0 Å². The quantitative estimate of drug-likeness (QED) is 0.451. The van der Waals surface area contributed by atoms with Crippen LogP contribution in [0.5, 0.6) is 0 Å². The van der Waals surface area contributed by atoms with Crippen molar-refractivity contribution < 1.29 is 0 Å². The summed E-state index contributed by atoms with van der Waals surface area (Å²) in [5.41, 5.74) is 2.58. The highest BCUT2D eigenvalue weighted by atomic mass is 127. The molecular weight excluding hydrogens is 387 g/mol. The van der Waals surface area contributed by atoms with Crippen molar-refractivity contribution in [1.29, 1.82) is 0 Å². The fourth-order valence-electron chi connectivity index (χ4n) is 2.62. The number of nitrogens with one attached hydrogen (secondary N) is 2. The molecule has 1 saturated heterocycles. The molecule has 124 valence electrons. The zero-order valence-electron chi connectivity index (χ0n) is 13.9. The highest BCUT2D eigenvalue weighted by molar-refractivity contribution is 14.0. The maximum absolute atomic E-state index is 4.30. The van der Waals surface area contributed by atoms with Gasteiger partial charge in [-0.1, -0.05) is 29.8 Å². The van der Waals surface area contributed by atoms with Gasteiger partial charge in [0, 0.05) is 20.1 Å². The first-order valence-corrected chi connectivity index (χ1v) is 7.86. The number of likely N-dealkylation sites (tertiary alicyclic amines) is 1. The minimum Gasteiger partial charge on any atom is -0.356 e. The van der Waals surface area contributed by atoms with Gasteiger partial charge in [-0.3, -0.25) is 4.99 Å². The highest BCUT2D eigenvalue weighted by Crippen LogP contribution is 2.14. The number of benzene rings is 1. The Bertz CT molecular complexity index is 450. The Labute approximate surface area is 151 Å². The third-order valence-corrected chi connectivity index (χ3v) is 4.20. The van der Waals surface area contributed by atoms with E-state index in [1.165, 1.54) is 37.1 Å². The molecule has 0 atom stereocenters. The molecule has 2 N–H and O–H groups in total. The van der Waals surface area contributed by atoms with Gasteiger partial charge in [-0.15, -0.1) is 24.0 Å². The molecule has 0 saturated carbocycles. The topological polar surface area (TPSA) is 39.7 Å². The summed E-state index contributed by atoms with van der Waals surface area (Å²) in [7, 11) is 4.03. The van der Waals surface area contributed by atoms with Crippen LogP contribution < -0.4 is 10.6 Å². The molecule has 0 spiro atoms. The molecule has 1 fully saturated rings. The molecule has 0 amide bonds. The second-order valence-corrected chi connectivity index (χ2v) is 6.04. The highest BCUT2D eigenvalue weighted by Gasteiger charge is 2.16. The van der Waals surface area contributed by atoms with E-state index >= 15 is 0 Å². The summed E-state index contributed by atoms with van der Waals surface area (Å²) in [6.07, 6.45) is 2.55. The Balaban J connectivity index is 0.00000242. The molecule has 0 bridgehead atoms. The first kappa shape index (κ1) is 19.2. The molecule has 22 heavy (non-hydrogen) atoms. The van der Waals surface area contributed by atoms with Crippen LogP contribution in [0.1, 0.15) is 24.0 Å². The zero-order valence-corrected chi connectivity index (χ0v) is 16.3. The largest absolute Gasteiger partial charge is 0.356 e. The summed E-state index contributed by atoms with van der Waals surface area (Å²) in [5.74, 6) is 1.66. The van der Waals surface area contributed by atoms with Gasteiger partial charge in [-0.25, -0.2) is 0 Å². The molecule has 1 heterocycles. The van der Waals surface area contributed by atoms with E-state index in [4.69, 9.17) is 0 Å². The van der Waals surface area contributed by atoms with E-state index in [9.17, 15) is 0 Å². The van der Waals surface area contributed by atoms with E-state index in [0.29, 0.717) is 0 Å². The van der Waals surface area contributed by atoms with E-state index in [2.05, 4.69) is 58.8 Å². The van der Waals surface area contributed by atoms with Crippen molar-refractivity contribution in [2.45, 2.75) is 26.3 Å². The molecule has 4 nitrogen and oxygen atoms in total. The summed E-state index contributed by atoms with van der Waals surface area (Å²) in [5, 5.41) is 6.84. The van der Waals surface area contributed by atoms with Crippen LogP contribution in [-0.2, 0) is 6.54 Å². The summed E-state index contributed by atoms with van der Waals surface area (Å²) in [4.78, 5) is 6.71. The van der Waals surface area contributed by atoms with Gasteiger partial charge in [0.05, 0.1) is 0 Å². The average molecular weight is 416 g/mol. The van der Waals surface area contributed by atoms with Crippen LogP contribution in [0, 0.1) is 12.8 Å². The Morgan fingerprint density at radius 3 is 2.41 bits per heavy atom. The fraction of sp³-hybridized carbons (Fsp3) is 0.588. The van der Waals surface area contributed by atoms with Crippen molar-refractivity contribution in [2.75, 3.05) is 33.7 Å². The zero-order chi connectivity index (χ0) is 15.1. The lowest BCUT2D eigenvalue weighted by Crippen LogP contribution is -2.41. The second kappa shape index (κ2) is 10.0. The maximum atomic E-state index is 4.30. The number of nitrogens with zero attached hydrogens (tertiary/aromatic N) is 2. The Morgan fingerprint density at radius 1 is 1.18 bits per heavy atom. The molecule has 1 aliphatic rings. The monoisotopic (exact) mass is 416 g/mol. The molecule has 1 aromatic carbocycles. The van der Waals surface area contributed by atoms with E-state index in [0.717, 1.165) is 25.0 Å². The standard InChI is InChI=1S/C17H28N4.HI/c1-14-4-6-15(7-5-14)12-19-17(18-2)20-13-16-8-10-21(3)11-9-16;/h4-7,16H,8-13H2,1-3H3,(H2,18,19,20);1H. The first-order valence-electron chi connectivity index (χ1n) is 7.86. The van der Waals surface area contributed by atoms with Crippen LogP contribution >= 0.6 is 24.0 Å². The molecule has 0 aliphatic carbocycles. The minimum atomic E-state index is 0. The third-order valence-electron chi connectivity index (χ3n) is 4.20. The lowest BCUT2D eigenvalue weighted by atomic mass is 9.97. The van der Waals surface area contributed by atoms with Crippen LogP contribution in [0.2, 0.25) is 0 Å². The number of aryl methyl sites for hydroxylation is 1. The maximum Gasteiger partial charge on any atom is 0.191 e. The molecule has 1 aliphatic heterocycles. The van der Waals surface area contributed by atoms with Crippen molar-refractivity contribution in [3.05, 3.63) is 35.4 Å². The Morgan fingerprint density at radius 2 is 1.82 bits per heavy atom. The predicted octanol–water partition coefficient (Wildman–Crippen LogP) is 2.62. The van der Waals surface area contributed by atoms with Crippen molar-refractivity contribution >= 4 is 29.9 Å². The van der Waals surface area contributed by atoms with Gasteiger partial charge in [0.1, 0.15) is 0 Å². The van der Waals surface area contributed by atoms with Crippen molar-refractivity contribution in [2.24, 2.45) is 10.9 Å². The summed E-state index contributed by atoms with van der Waals surface area (Å²) >= 11 is 0. The normalized spacial score (nSPS) is 17.0. The number of hydrogen-bond donors (Lipinski definition) is 2. The van der Waals surface area contributed by atoms with Crippen LogP contribution in [-0.4, -0.2) is 44.6 Å². The Kier molecular flexibility index (Phi) is 8.78. The molecule has 2 rings (SSSR count). The third kappa shape index (κ3) is 6.52. The first-order chi connectivity index (χ1) is 10.2. The molecule has 1 aromatic rings. The van der Waals surface area contributed by atoms with E-state index in [1.807, 2.05) is 7.05 Å². The number of rotatable bonds is 4. The fourth-order valence-corrected chi connectivity index (χ4v) is 2.62. The summed E-state index contributed by atoms with van der Waals surface area (Å²) in [6.45, 7) is 6.36. The van der Waals surface area contributed by atoms with Gasteiger partial charge in [0.15, 0.2) is 5.96 Å². The summed E-state index contributed by atoms with van der Waals surface area (Å²) in [6, 6.07) is 8.61. The Hall–Kier alpha value is -0.820. The number of aliphatic imine (C=N–C) groups is 1. The van der Waals surface area contributed by atoms with E-state index < -0.39 is 0 Å². The number of halogens is 1. The van der Waals surface area contributed by atoms with Crippen molar-refractivity contribution in [1.82, 2.24) is 15.5 Å². The van der Waals surface area contributed by atoms with Crippen LogP contribution in [0.15, 0.2) is 29.3 Å². The van der Waals surface area contributed by atoms with Gasteiger partial charge < -0.3 is 15.5 Å². The molecule has 0 unspecified atom stereocenters. The minimum absolute atomic E-state index is 0. The van der Waals surface area contributed by atoms with E-state index in [1.54, 1.807) is 0 Å². The van der Waals surface area contributed by atoms with Gasteiger partial charge in [-0.05, 0) is 51.4 Å². The van der Waals surface area contributed by atoms with Crippen LogP contribution in [0.25, 0.3) is 0 Å². The van der Waals surface area contributed by atoms with Gasteiger partial charge in [0.25, 0.3) is 0 Å². The molecule has 5 heteroatoms. The van der Waals surface area contributed by atoms with E-state index in [-0.39, 0.29) is 24.0 Å². The van der Waals surface area contributed by atoms with Crippen molar-refractivity contribution in [3.8, 4) is 0 Å². The number of hydrogen-bond acceptors (Lipinski definition) is 2. The smallest absolute Gasteiger partial charge is 0.191 e. The molecular formula is C17H29IN4. The lowest BCUT2D eigenvalue weighted by molar-refractivity contribution is 0.220. The lowest BCUT2D eigenvalue weighted by Gasteiger charge is -2.29. The second-order valence-electron chi connectivity index (χ2n) is 6.04. The molecule has 0 aromatic heterocycles. The number of guanidine groups is 1. The SMILES string of the molecule is CN=C(NCc1ccc(C)cc1)NCC1CCN(C)CC1.I. The summed E-state index contributed by atoms with van der Waals surface area (Å²) < 4.78 is 0. The average Bonchev–Trinajstić information content (AvgIpc) is 2.51. The predicted molar refractivity (Wildman–Crippen MR) is 105 cm³/mol. The van der Waals surface area contributed by atoms with Crippen LogP contribution in [0.4, 0.5) is 0 Å². The van der Waals surface area contributed by atoms with Gasteiger partial charge >= 0.3 is 0 Å². The van der Waals surface area contributed by atoms with Gasteiger partial charge in [0.2, 0.25) is 0 Å². The molecule has 0 radical (unpaired) electrons.